The van der Waals surface area contributed by atoms with Crippen LogP contribution in [-0.4, -0.2) is 43.0 Å². The maximum absolute atomic E-state index is 11.3. The molecule has 2 rings (SSSR count). The third-order valence-corrected chi connectivity index (χ3v) is 4.75. The summed E-state index contributed by atoms with van der Waals surface area (Å²) >= 11 is 6.04. The second-order valence-electron chi connectivity index (χ2n) is 4.15. The molecule has 0 radical (unpaired) electrons. The van der Waals surface area contributed by atoms with E-state index in [4.69, 9.17) is 11.6 Å². The highest BCUT2D eigenvalue weighted by Gasteiger charge is 2.24. The largest absolute Gasteiger partial charge is 0.352 e. The highest BCUT2D eigenvalue weighted by atomic mass is 35.5. The van der Waals surface area contributed by atoms with Crippen molar-refractivity contribution in [1.82, 2.24) is 9.97 Å². The molecule has 2 heterocycles. The maximum atomic E-state index is 11.3. The SMILES string of the molecule is Cc1nc(Cl)c(N2CCS(=O)(=O)CC2)nc1C. The highest BCUT2D eigenvalue weighted by molar-refractivity contribution is 7.91. The van der Waals surface area contributed by atoms with Gasteiger partial charge in [-0.2, -0.15) is 0 Å². The fourth-order valence-corrected chi connectivity index (χ4v) is 3.18. The van der Waals surface area contributed by atoms with Crippen molar-refractivity contribution >= 4 is 27.3 Å². The van der Waals surface area contributed by atoms with E-state index in [1.54, 1.807) is 0 Å². The minimum Gasteiger partial charge on any atom is -0.352 e. The Balaban J connectivity index is 2.27. The van der Waals surface area contributed by atoms with Crippen LogP contribution in [-0.2, 0) is 9.84 Å². The Hall–Kier alpha value is -0.880. The first-order valence-corrected chi connectivity index (χ1v) is 7.55. The summed E-state index contributed by atoms with van der Waals surface area (Å²) in [6, 6.07) is 0. The van der Waals surface area contributed by atoms with E-state index in [1.807, 2.05) is 18.7 Å². The van der Waals surface area contributed by atoms with Gasteiger partial charge in [0.2, 0.25) is 0 Å². The third kappa shape index (κ3) is 2.69. The van der Waals surface area contributed by atoms with E-state index in [1.165, 1.54) is 0 Å². The second-order valence-corrected chi connectivity index (χ2v) is 6.81. The van der Waals surface area contributed by atoms with Crippen LogP contribution in [0.2, 0.25) is 5.15 Å². The average Bonchev–Trinajstić information content (AvgIpc) is 2.24. The number of aromatic nitrogens is 2. The van der Waals surface area contributed by atoms with Crippen LogP contribution in [0.1, 0.15) is 11.4 Å². The Kier molecular flexibility index (Phi) is 3.27. The Bertz CT molecular complexity index is 531. The number of rotatable bonds is 1. The van der Waals surface area contributed by atoms with E-state index >= 15 is 0 Å². The van der Waals surface area contributed by atoms with Gasteiger partial charge in [0.1, 0.15) is 0 Å². The van der Waals surface area contributed by atoms with Crippen molar-refractivity contribution in [3.63, 3.8) is 0 Å². The molecule has 7 heteroatoms. The highest BCUT2D eigenvalue weighted by Crippen LogP contribution is 2.24. The van der Waals surface area contributed by atoms with Crippen LogP contribution >= 0.6 is 11.6 Å². The van der Waals surface area contributed by atoms with Gasteiger partial charge in [-0.1, -0.05) is 11.6 Å². The fourth-order valence-electron chi connectivity index (χ4n) is 1.69. The first kappa shape index (κ1) is 12.6. The van der Waals surface area contributed by atoms with Gasteiger partial charge in [-0.05, 0) is 13.8 Å². The molecule has 5 nitrogen and oxygen atoms in total. The van der Waals surface area contributed by atoms with Crippen molar-refractivity contribution in [1.29, 1.82) is 0 Å². The lowest BCUT2D eigenvalue weighted by Crippen LogP contribution is -2.41. The van der Waals surface area contributed by atoms with Crippen LogP contribution in [0.25, 0.3) is 0 Å². The minimum atomic E-state index is -2.89. The molecule has 0 atom stereocenters. The number of aryl methyl sites for hydroxylation is 2. The molecular formula is C10H14ClN3O2S. The van der Waals surface area contributed by atoms with Crippen LogP contribution < -0.4 is 4.90 Å². The van der Waals surface area contributed by atoms with Crippen molar-refractivity contribution in [2.45, 2.75) is 13.8 Å². The van der Waals surface area contributed by atoms with E-state index < -0.39 is 9.84 Å². The minimum absolute atomic E-state index is 0.151. The number of anilines is 1. The summed E-state index contributed by atoms with van der Waals surface area (Å²) in [5.41, 5.74) is 1.61. The molecule has 0 aromatic carbocycles. The van der Waals surface area contributed by atoms with Gasteiger partial charge in [-0.3, -0.25) is 0 Å². The van der Waals surface area contributed by atoms with Crippen molar-refractivity contribution in [3.05, 3.63) is 16.5 Å². The molecule has 0 amide bonds. The molecule has 0 N–H and O–H groups in total. The van der Waals surface area contributed by atoms with E-state index in [0.717, 1.165) is 11.4 Å². The maximum Gasteiger partial charge on any atom is 0.171 e. The Morgan fingerprint density at radius 1 is 1.12 bits per heavy atom. The first-order valence-electron chi connectivity index (χ1n) is 5.35. The molecular weight excluding hydrogens is 262 g/mol. The Morgan fingerprint density at radius 2 is 1.65 bits per heavy atom. The van der Waals surface area contributed by atoms with Gasteiger partial charge < -0.3 is 4.90 Å². The Morgan fingerprint density at radius 3 is 2.24 bits per heavy atom. The van der Waals surface area contributed by atoms with E-state index in [0.29, 0.717) is 24.1 Å². The molecule has 94 valence electrons. The molecule has 1 aliphatic rings. The zero-order chi connectivity index (χ0) is 12.6. The molecule has 1 fully saturated rings. The monoisotopic (exact) mass is 275 g/mol. The second kappa shape index (κ2) is 4.42. The standard InChI is InChI=1S/C10H14ClN3O2S/c1-7-8(2)13-10(9(11)12-7)14-3-5-17(15,16)6-4-14/h3-6H2,1-2H3. The summed E-state index contributed by atoms with van der Waals surface area (Å²) < 4.78 is 22.7. The molecule has 1 saturated heterocycles. The lowest BCUT2D eigenvalue weighted by molar-refractivity contribution is 0.586. The summed E-state index contributed by atoms with van der Waals surface area (Å²) in [7, 11) is -2.89. The third-order valence-electron chi connectivity index (χ3n) is 2.89. The molecule has 1 aliphatic heterocycles. The zero-order valence-corrected chi connectivity index (χ0v) is 11.3. The summed E-state index contributed by atoms with van der Waals surface area (Å²) in [5.74, 6) is 0.889. The molecule has 1 aromatic heterocycles. The number of sulfone groups is 1. The number of nitrogens with zero attached hydrogens (tertiary/aromatic N) is 3. The first-order chi connectivity index (χ1) is 7.89. The zero-order valence-electron chi connectivity index (χ0n) is 9.77. The smallest absolute Gasteiger partial charge is 0.171 e. The number of hydrogen-bond acceptors (Lipinski definition) is 5. The summed E-state index contributed by atoms with van der Waals surface area (Å²) in [4.78, 5) is 10.5. The van der Waals surface area contributed by atoms with Gasteiger partial charge in [0, 0.05) is 13.1 Å². The van der Waals surface area contributed by atoms with Gasteiger partial charge in [0.15, 0.2) is 20.8 Å². The van der Waals surface area contributed by atoms with Crippen LogP contribution in [0.15, 0.2) is 0 Å². The predicted octanol–water partition coefficient (Wildman–Crippen LogP) is 0.982. The quantitative estimate of drug-likeness (QED) is 0.765. The van der Waals surface area contributed by atoms with Crippen molar-refractivity contribution in [2.75, 3.05) is 29.5 Å². The summed E-state index contributed by atoms with van der Waals surface area (Å²) in [5, 5.41) is 0.340. The number of hydrogen-bond donors (Lipinski definition) is 0. The van der Waals surface area contributed by atoms with Crippen LogP contribution in [0.5, 0.6) is 0 Å². The van der Waals surface area contributed by atoms with Crippen molar-refractivity contribution in [3.8, 4) is 0 Å². The van der Waals surface area contributed by atoms with Gasteiger partial charge in [-0.25, -0.2) is 18.4 Å². The van der Waals surface area contributed by atoms with E-state index in [-0.39, 0.29) is 11.5 Å². The summed E-state index contributed by atoms with van der Waals surface area (Å²) in [6.07, 6.45) is 0. The molecule has 0 unspecified atom stereocenters. The molecule has 17 heavy (non-hydrogen) atoms. The average molecular weight is 276 g/mol. The van der Waals surface area contributed by atoms with E-state index in [9.17, 15) is 8.42 Å². The molecule has 0 spiro atoms. The van der Waals surface area contributed by atoms with E-state index in [2.05, 4.69) is 9.97 Å². The molecule has 1 aromatic rings. The predicted molar refractivity (Wildman–Crippen MR) is 67.4 cm³/mol. The van der Waals surface area contributed by atoms with Gasteiger partial charge >= 0.3 is 0 Å². The van der Waals surface area contributed by atoms with Crippen molar-refractivity contribution in [2.24, 2.45) is 0 Å². The van der Waals surface area contributed by atoms with Crippen LogP contribution in [0, 0.1) is 13.8 Å². The lowest BCUT2D eigenvalue weighted by Gasteiger charge is -2.28. The molecule has 0 bridgehead atoms. The molecule has 0 aliphatic carbocycles. The van der Waals surface area contributed by atoms with Gasteiger partial charge in [-0.15, -0.1) is 0 Å². The summed E-state index contributed by atoms with van der Waals surface area (Å²) in [6.45, 7) is 4.57. The Labute approximate surface area is 106 Å². The topological polar surface area (TPSA) is 63.2 Å². The normalized spacial score (nSPS) is 19.4. The van der Waals surface area contributed by atoms with Gasteiger partial charge in [0.05, 0.1) is 22.9 Å². The molecule has 0 saturated carbocycles. The lowest BCUT2D eigenvalue weighted by atomic mass is 10.3. The van der Waals surface area contributed by atoms with Crippen LogP contribution in [0.4, 0.5) is 5.82 Å². The van der Waals surface area contributed by atoms with Crippen molar-refractivity contribution < 1.29 is 8.42 Å². The van der Waals surface area contributed by atoms with Crippen LogP contribution in [0.3, 0.4) is 0 Å². The number of halogens is 1. The van der Waals surface area contributed by atoms with Gasteiger partial charge in [0.25, 0.3) is 0 Å². The fraction of sp³-hybridized carbons (Fsp3) is 0.600.